The van der Waals surface area contributed by atoms with Crippen LogP contribution in [0, 0.1) is 33.8 Å². The normalized spacial score (nSPS) is 32.6. The quantitative estimate of drug-likeness (QED) is 0.510. The van der Waals surface area contributed by atoms with E-state index >= 15 is 0 Å². The van der Waals surface area contributed by atoms with Gasteiger partial charge in [0.1, 0.15) is 5.75 Å². The molecule has 1 N–H and O–H groups in total. The largest absolute Gasteiger partial charge is 0.505 e. The molecular weight excluding hydrogens is 288 g/mol. The number of nitrogens with zero attached hydrogens (tertiary/aromatic N) is 2. The fourth-order valence-corrected chi connectivity index (χ4v) is 4.46. The van der Waals surface area contributed by atoms with Crippen LogP contribution >= 0.6 is 0 Å². The molecule has 3 fully saturated rings. The van der Waals surface area contributed by atoms with Gasteiger partial charge in [-0.3, -0.25) is 19.7 Å². The van der Waals surface area contributed by atoms with Crippen molar-refractivity contribution in [3.05, 3.63) is 28.3 Å². The molecule has 4 atom stereocenters. The molecule has 3 aliphatic rings. The van der Waals surface area contributed by atoms with E-state index in [1.54, 1.807) is 0 Å². The van der Waals surface area contributed by atoms with Gasteiger partial charge in [0.15, 0.2) is 0 Å². The summed E-state index contributed by atoms with van der Waals surface area (Å²) in [4.78, 5) is 36.3. The molecule has 2 saturated carbocycles. The summed E-state index contributed by atoms with van der Waals surface area (Å²) < 4.78 is 0. The van der Waals surface area contributed by atoms with E-state index < -0.39 is 10.7 Å². The van der Waals surface area contributed by atoms with Gasteiger partial charge in [-0.15, -0.1) is 0 Å². The van der Waals surface area contributed by atoms with Crippen molar-refractivity contribution in [2.24, 2.45) is 23.7 Å². The molecule has 0 spiro atoms. The number of benzene rings is 1. The Hall–Kier alpha value is -2.44. The molecule has 1 aromatic carbocycles. The molecule has 1 saturated heterocycles. The number of carbonyl (C=O) groups is 2. The predicted molar refractivity (Wildman–Crippen MR) is 75.1 cm³/mol. The fourth-order valence-electron chi connectivity index (χ4n) is 4.46. The molecule has 1 aromatic rings. The van der Waals surface area contributed by atoms with Gasteiger partial charge in [-0.25, -0.2) is 4.90 Å². The predicted octanol–water partition coefficient (Wildman–Crippen LogP) is 1.84. The molecule has 2 aliphatic carbocycles. The van der Waals surface area contributed by atoms with Gasteiger partial charge in [-0.2, -0.15) is 0 Å². The lowest BCUT2D eigenvalue weighted by molar-refractivity contribution is -0.384. The molecule has 4 rings (SSSR count). The van der Waals surface area contributed by atoms with Crippen LogP contribution in [0.4, 0.5) is 11.4 Å². The van der Waals surface area contributed by atoms with Crippen molar-refractivity contribution < 1.29 is 19.6 Å². The number of anilines is 1. The van der Waals surface area contributed by atoms with Crippen molar-refractivity contribution in [2.75, 3.05) is 4.90 Å². The van der Waals surface area contributed by atoms with Gasteiger partial charge in [0.05, 0.1) is 28.5 Å². The molecule has 7 heteroatoms. The molecule has 1 heterocycles. The van der Waals surface area contributed by atoms with Crippen LogP contribution in [-0.2, 0) is 9.59 Å². The lowest BCUT2D eigenvalue weighted by Crippen LogP contribution is -2.32. The second-order valence-electron chi connectivity index (χ2n) is 6.33. The van der Waals surface area contributed by atoms with Gasteiger partial charge < -0.3 is 5.11 Å². The summed E-state index contributed by atoms with van der Waals surface area (Å²) in [7, 11) is 0. The Kier molecular flexibility index (Phi) is 2.58. The first-order valence-corrected chi connectivity index (χ1v) is 7.34. The smallest absolute Gasteiger partial charge is 0.273 e. The maximum absolute atomic E-state index is 12.6. The number of non-ortho nitro benzene ring substituents is 1. The lowest BCUT2D eigenvalue weighted by Gasteiger charge is -2.19. The van der Waals surface area contributed by atoms with Crippen molar-refractivity contribution in [2.45, 2.75) is 19.3 Å². The van der Waals surface area contributed by atoms with Crippen molar-refractivity contribution in [3.8, 4) is 5.75 Å². The Bertz CT molecular complexity index is 688. The Labute approximate surface area is 125 Å². The number of imide groups is 1. The highest BCUT2D eigenvalue weighted by Crippen LogP contribution is 2.57. The number of fused-ring (bicyclic) bond motifs is 5. The zero-order valence-electron chi connectivity index (χ0n) is 11.6. The maximum atomic E-state index is 12.6. The summed E-state index contributed by atoms with van der Waals surface area (Å²) in [6.45, 7) is 0. The van der Waals surface area contributed by atoms with Crippen molar-refractivity contribution >= 4 is 23.2 Å². The molecule has 2 amide bonds. The number of rotatable bonds is 2. The monoisotopic (exact) mass is 302 g/mol. The number of nitro groups is 1. The summed E-state index contributed by atoms with van der Waals surface area (Å²) in [5, 5.41) is 20.7. The van der Waals surface area contributed by atoms with Crippen LogP contribution in [0.2, 0.25) is 0 Å². The number of nitro benzene ring substituents is 1. The minimum atomic E-state index is -0.633. The van der Waals surface area contributed by atoms with Crippen molar-refractivity contribution in [1.82, 2.24) is 0 Å². The highest BCUT2D eigenvalue weighted by molar-refractivity contribution is 6.23. The number of carbonyl (C=O) groups excluding carboxylic acids is 2. The van der Waals surface area contributed by atoms with Crippen molar-refractivity contribution in [1.29, 1.82) is 0 Å². The standard InChI is InChI=1S/C15H14N2O5/c18-11-6-9(17(21)22)3-4-10(11)16-14(19)12-7-1-2-8(5-7)13(12)15(16)20/h3-4,6-8,12-13,18H,1-2,5H2/t7-,8-,12-,13+/m0/s1. The molecule has 7 nitrogen and oxygen atoms in total. The van der Waals surface area contributed by atoms with E-state index in [2.05, 4.69) is 0 Å². The number of phenolic OH excluding ortho intramolecular Hbond substituents is 1. The minimum Gasteiger partial charge on any atom is -0.505 e. The molecule has 0 radical (unpaired) electrons. The topological polar surface area (TPSA) is 101 Å². The zero-order valence-corrected chi connectivity index (χ0v) is 11.6. The van der Waals surface area contributed by atoms with Gasteiger partial charge in [0.2, 0.25) is 11.8 Å². The Balaban J connectivity index is 1.73. The van der Waals surface area contributed by atoms with Crippen LogP contribution in [-0.4, -0.2) is 21.8 Å². The van der Waals surface area contributed by atoms with Crippen molar-refractivity contribution in [3.63, 3.8) is 0 Å². The summed E-state index contributed by atoms with van der Waals surface area (Å²) >= 11 is 0. The van der Waals surface area contributed by atoms with E-state index in [1.807, 2.05) is 0 Å². The second-order valence-corrected chi connectivity index (χ2v) is 6.33. The van der Waals surface area contributed by atoms with Crippen LogP contribution in [0.15, 0.2) is 18.2 Å². The highest BCUT2D eigenvalue weighted by Gasteiger charge is 2.61. The first-order chi connectivity index (χ1) is 10.5. The fraction of sp³-hybridized carbons (Fsp3) is 0.467. The third-order valence-electron chi connectivity index (χ3n) is 5.34. The third-order valence-corrected chi connectivity index (χ3v) is 5.34. The van der Waals surface area contributed by atoms with Crippen LogP contribution < -0.4 is 4.90 Å². The molecule has 1 aliphatic heterocycles. The van der Waals surface area contributed by atoms with E-state index in [0.717, 1.165) is 30.2 Å². The second kappa shape index (κ2) is 4.28. The number of amides is 2. The van der Waals surface area contributed by atoms with E-state index in [0.29, 0.717) is 0 Å². The van der Waals surface area contributed by atoms with E-state index in [9.17, 15) is 24.8 Å². The van der Waals surface area contributed by atoms with Gasteiger partial charge in [-0.1, -0.05) is 0 Å². The van der Waals surface area contributed by atoms with E-state index in [4.69, 9.17) is 0 Å². The Morgan fingerprint density at radius 2 is 1.73 bits per heavy atom. The van der Waals surface area contributed by atoms with Gasteiger partial charge >= 0.3 is 0 Å². The van der Waals surface area contributed by atoms with Crippen LogP contribution in [0.25, 0.3) is 0 Å². The van der Waals surface area contributed by atoms with Crippen LogP contribution in [0.1, 0.15) is 19.3 Å². The average molecular weight is 302 g/mol. The van der Waals surface area contributed by atoms with Gasteiger partial charge in [0, 0.05) is 6.07 Å². The molecule has 0 aromatic heterocycles. The lowest BCUT2D eigenvalue weighted by atomic mass is 9.81. The van der Waals surface area contributed by atoms with E-state index in [-0.39, 0.29) is 46.9 Å². The zero-order chi connectivity index (χ0) is 15.6. The van der Waals surface area contributed by atoms with Crippen LogP contribution in [0.3, 0.4) is 0 Å². The summed E-state index contributed by atoms with van der Waals surface area (Å²) in [5.74, 6) is -0.990. The minimum absolute atomic E-state index is 0.0504. The first-order valence-electron chi connectivity index (χ1n) is 7.34. The number of phenols is 1. The molecule has 114 valence electrons. The summed E-state index contributed by atoms with van der Waals surface area (Å²) in [6.07, 6.45) is 2.89. The molecule has 0 unspecified atom stereocenters. The summed E-state index contributed by atoms with van der Waals surface area (Å²) in [6, 6.07) is 3.43. The SMILES string of the molecule is O=C1[C@@H]2[C@H]3CC[C@@H](C3)[C@@H]2C(=O)N1c1ccc([N+](=O)[O-])cc1O. The average Bonchev–Trinajstić information content (AvgIpc) is 3.14. The number of aromatic hydroxyl groups is 1. The van der Waals surface area contributed by atoms with Crippen LogP contribution in [0.5, 0.6) is 5.75 Å². The Morgan fingerprint density at radius 3 is 2.23 bits per heavy atom. The number of hydrogen-bond acceptors (Lipinski definition) is 5. The maximum Gasteiger partial charge on any atom is 0.273 e. The third kappa shape index (κ3) is 1.56. The van der Waals surface area contributed by atoms with E-state index in [1.165, 1.54) is 12.1 Å². The molecule has 22 heavy (non-hydrogen) atoms. The summed E-state index contributed by atoms with van der Waals surface area (Å²) in [5.41, 5.74) is -0.227. The van der Waals surface area contributed by atoms with Gasteiger partial charge in [0.25, 0.3) is 5.69 Å². The van der Waals surface area contributed by atoms with Gasteiger partial charge in [-0.05, 0) is 37.2 Å². The number of hydrogen-bond donors (Lipinski definition) is 1. The first kappa shape index (κ1) is 13.2. The Morgan fingerprint density at radius 1 is 1.14 bits per heavy atom. The molecule has 2 bridgehead atoms. The highest BCUT2D eigenvalue weighted by atomic mass is 16.6. The molecular formula is C15H14N2O5.